The van der Waals surface area contributed by atoms with Gasteiger partial charge in [-0.1, -0.05) is 6.92 Å². The summed E-state index contributed by atoms with van der Waals surface area (Å²) in [6.45, 7) is 8.20. The van der Waals surface area contributed by atoms with E-state index in [1.807, 2.05) is 0 Å². The molecule has 1 unspecified atom stereocenters. The summed E-state index contributed by atoms with van der Waals surface area (Å²) in [5, 5.41) is 12.8. The lowest BCUT2D eigenvalue weighted by Gasteiger charge is -2.29. The molecule has 0 amide bonds. The van der Waals surface area contributed by atoms with Crippen molar-refractivity contribution >= 4 is 0 Å². The molecule has 0 aromatic rings. The maximum absolute atomic E-state index is 9.42. The van der Waals surface area contributed by atoms with Gasteiger partial charge >= 0.3 is 0 Å². The van der Waals surface area contributed by atoms with Crippen LogP contribution < -0.4 is 5.32 Å². The molecule has 0 aliphatic heterocycles. The van der Waals surface area contributed by atoms with Crippen LogP contribution in [0.25, 0.3) is 0 Å². The number of aliphatic hydroxyl groups excluding tert-OH is 1. The lowest BCUT2D eigenvalue weighted by atomic mass is 9.96. The number of methoxy groups -OCH3 is 1. The van der Waals surface area contributed by atoms with Crippen LogP contribution in [0.2, 0.25) is 0 Å². The third-order valence-electron chi connectivity index (χ3n) is 3.10. The van der Waals surface area contributed by atoms with Gasteiger partial charge in [-0.25, -0.2) is 0 Å². The zero-order valence-corrected chi connectivity index (χ0v) is 12.0. The Bertz CT molecular complexity index is 179. The van der Waals surface area contributed by atoms with Crippen LogP contribution in [-0.4, -0.2) is 62.6 Å². The van der Waals surface area contributed by atoms with Gasteiger partial charge in [-0.3, -0.25) is 0 Å². The molecule has 0 saturated carbocycles. The summed E-state index contributed by atoms with van der Waals surface area (Å²) in [6.07, 6.45) is 3.19. The normalized spacial score (nSPS) is 15.2. The van der Waals surface area contributed by atoms with E-state index in [1.54, 1.807) is 7.11 Å². The minimum atomic E-state index is -0.127. The van der Waals surface area contributed by atoms with Crippen LogP contribution in [0.3, 0.4) is 0 Å². The van der Waals surface area contributed by atoms with Crippen molar-refractivity contribution in [1.29, 1.82) is 0 Å². The number of ether oxygens (including phenoxy) is 1. The Morgan fingerprint density at radius 1 is 1.35 bits per heavy atom. The van der Waals surface area contributed by atoms with Crippen molar-refractivity contribution in [3.63, 3.8) is 0 Å². The highest BCUT2D eigenvalue weighted by Crippen LogP contribution is 2.11. The second-order valence-electron chi connectivity index (χ2n) is 5.05. The Kier molecular flexibility index (Phi) is 9.74. The number of hydrogen-bond donors (Lipinski definition) is 2. The van der Waals surface area contributed by atoms with Crippen molar-refractivity contribution in [2.75, 3.05) is 47.0 Å². The average Bonchev–Trinajstić information content (AvgIpc) is 2.34. The number of hydrogen-bond acceptors (Lipinski definition) is 4. The monoisotopic (exact) mass is 246 g/mol. The smallest absolute Gasteiger partial charge is 0.0610 e. The standard InChI is InChI=1S/C13H30N2O2/c1-5-8-14-13(2,12-16)7-6-9-15(3)10-11-17-4/h14,16H,5-12H2,1-4H3. The van der Waals surface area contributed by atoms with Gasteiger partial charge in [-0.15, -0.1) is 0 Å². The Balaban J connectivity index is 3.74. The Morgan fingerprint density at radius 3 is 2.59 bits per heavy atom. The van der Waals surface area contributed by atoms with Gasteiger partial charge in [0.25, 0.3) is 0 Å². The molecule has 0 heterocycles. The fraction of sp³-hybridized carbons (Fsp3) is 1.00. The van der Waals surface area contributed by atoms with Crippen LogP contribution in [0.5, 0.6) is 0 Å². The van der Waals surface area contributed by atoms with E-state index in [0.717, 1.165) is 45.5 Å². The molecule has 0 spiro atoms. The number of nitrogens with zero attached hydrogens (tertiary/aromatic N) is 1. The minimum absolute atomic E-state index is 0.127. The molecular formula is C13H30N2O2. The molecule has 4 heteroatoms. The molecule has 0 bridgehead atoms. The Labute approximate surface area is 106 Å². The predicted octanol–water partition coefficient (Wildman–Crippen LogP) is 1.10. The number of rotatable bonds is 11. The van der Waals surface area contributed by atoms with Crippen molar-refractivity contribution in [1.82, 2.24) is 10.2 Å². The first-order valence-electron chi connectivity index (χ1n) is 6.61. The van der Waals surface area contributed by atoms with Gasteiger partial charge in [0, 0.05) is 19.2 Å². The quantitative estimate of drug-likeness (QED) is 0.573. The summed E-state index contributed by atoms with van der Waals surface area (Å²) in [6, 6.07) is 0. The van der Waals surface area contributed by atoms with Crippen LogP contribution in [0, 0.1) is 0 Å². The van der Waals surface area contributed by atoms with E-state index in [0.29, 0.717) is 0 Å². The SMILES string of the molecule is CCCNC(C)(CO)CCCN(C)CCOC. The fourth-order valence-electron chi connectivity index (χ4n) is 1.75. The second kappa shape index (κ2) is 9.83. The molecule has 0 aromatic carbocycles. The Morgan fingerprint density at radius 2 is 2.06 bits per heavy atom. The van der Waals surface area contributed by atoms with E-state index in [2.05, 4.69) is 31.1 Å². The first-order valence-corrected chi connectivity index (χ1v) is 6.61. The van der Waals surface area contributed by atoms with Crippen LogP contribution in [0.15, 0.2) is 0 Å². The van der Waals surface area contributed by atoms with E-state index < -0.39 is 0 Å². The summed E-state index contributed by atoms with van der Waals surface area (Å²) >= 11 is 0. The predicted molar refractivity (Wildman–Crippen MR) is 72.4 cm³/mol. The van der Waals surface area contributed by atoms with Gasteiger partial charge in [0.15, 0.2) is 0 Å². The average molecular weight is 246 g/mol. The first-order chi connectivity index (χ1) is 8.08. The molecule has 4 nitrogen and oxygen atoms in total. The van der Waals surface area contributed by atoms with Gasteiger partial charge < -0.3 is 20.1 Å². The maximum atomic E-state index is 9.42. The van der Waals surface area contributed by atoms with E-state index in [4.69, 9.17) is 4.74 Å². The number of nitrogens with one attached hydrogen (secondary N) is 1. The molecule has 0 aliphatic rings. The molecule has 0 rings (SSSR count). The van der Waals surface area contributed by atoms with E-state index in [9.17, 15) is 5.11 Å². The van der Waals surface area contributed by atoms with Crippen molar-refractivity contribution < 1.29 is 9.84 Å². The van der Waals surface area contributed by atoms with Crippen LogP contribution in [-0.2, 0) is 4.74 Å². The summed E-state index contributed by atoms with van der Waals surface area (Å²) in [5.41, 5.74) is -0.127. The molecular weight excluding hydrogens is 216 g/mol. The maximum Gasteiger partial charge on any atom is 0.0610 e. The van der Waals surface area contributed by atoms with Crippen molar-refractivity contribution in [3.05, 3.63) is 0 Å². The zero-order chi connectivity index (χ0) is 13.1. The van der Waals surface area contributed by atoms with Gasteiger partial charge in [0.1, 0.15) is 0 Å². The van der Waals surface area contributed by atoms with Crippen LogP contribution >= 0.6 is 0 Å². The van der Waals surface area contributed by atoms with Gasteiger partial charge in [0.2, 0.25) is 0 Å². The number of likely N-dealkylation sites (N-methyl/N-ethyl adjacent to an activating group) is 1. The third kappa shape index (κ3) is 8.55. The molecule has 0 radical (unpaired) electrons. The molecule has 0 fully saturated rings. The summed E-state index contributed by atoms with van der Waals surface area (Å²) in [4.78, 5) is 2.26. The molecule has 0 aromatic heterocycles. The number of aliphatic hydroxyl groups is 1. The highest BCUT2D eigenvalue weighted by Gasteiger charge is 2.21. The zero-order valence-electron chi connectivity index (χ0n) is 12.0. The van der Waals surface area contributed by atoms with Crippen molar-refractivity contribution in [3.8, 4) is 0 Å². The summed E-state index contributed by atoms with van der Waals surface area (Å²) < 4.78 is 5.04. The molecule has 0 saturated heterocycles. The van der Waals surface area contributed by atoms with E-state index in [1.165, 1.54) is 0 Å². The van der Waals surface area contributed by atoms with Gasteiger partial charge in [0.05, 0.1) is 13.2 Å². The molecule has 104 valence electrons. The third-order valence-corrected chi connectivity index (χ3v) is 3.10. The van der Waals surface area contributed by atoms with Crippen LogP contribution in [0.1, 0.15) is 33.1 Å². The topological polar surface area (TPSA) is 44.7 Å². The van der Waals surface area contributed by atoms with E-state index in [-0.39, 0.29) is 12.1 Å². The summed E-state index contributed by atoms with van der Waals surface area (Å²) in [5.74, 6) is 0. The lowest BCUT2D eigenvalue weighted by molar-refractivity contribution is 0.145. The second-order valence-corrected chi connectivity index (χ2v) is 5.05. The van der Waals surface area contributed by atoms with Crippen molar-refractivity contribution in [2.24, 2.45) is 0 Å². The molecule has 0 aliphatic carbocycles. The fourth-order valence-corrected chi connectivity index (χ4v) is 1.75. The Hall–Kier alpha value is -0.160. The van der Waals surface area contributed by atoms with Crippen LogP contribution in [0.4, 0.5) is 0 Å². The molecule has 2 N–H and O–H groups in total. The lowest BCUT2D eigenvalue weighted by Crippen LogP contribution is -2.46. The largest absolute Gasteiger partial charge is 0.394 e. The van der Waals surface area contributed by atoms with Crippen molar-refractivity contribution in [2.45, 2.75) is 38.6 Å². The summed E-state index contributed by atoms with van der Waals surface area (Å²) in [7, 11) is 3.83. The van der Waals surface area contributed by atoms with Gasteiger partial charge in [-0.05, 0) is 46.3 Å². The molecule has 17 heavy (non-hydrogen) atoms. The highest BCUT2D eigenvalue weighted by molar-refractivity contribution is 4.82. The molecule has 1 atom stereocenters. The van der Waals surface area contributed by atoms with E-state index >= 15 is 0 Å². The van der Waals surface area contributed by atoms with Gasteiger partial charge in [-0.2, -0.15) is 0 Å². The highest BCUT2D eigenvalue weighted by atomic mass is 16.5. The minimum Gasteiger partial charge on any atom is -0.394 e. The first kappa shape index (κ1) is 16.8.